The molecule has 1 fully saturated rings. The van der Waals surface area contributed by atoms with Crippen molar-refractivity contribution < 1.29 is 13.2 Å². The largest absolute Gasteiger partial charge is 0.381 e. The summed E-state index contributed by atoms with van der Waals surface area (Å²) in [5, 5.41) is -0.181. The van der Waals surface area contributed by atoms with Crippen molar-refractivity contribution >= 4 is 9.84 Å². The molecule has 0 aliphatic carbocycles. The molecule has 1 rings (SSSR count). The highest BCUT2D eigenvalue weighted by molar-refractivity contribution is 7.92. The zero-order valence-corrected chi connectivity index (χ0v) is 10.1. The molecule has 0 bridgehead atoms. The predicted molar refractivity (Wildman–Crippen MR) is 60.5 cm³/mol. The Labute approximate surface area is 92.1 Å². The quantitative estimate of drug-likeness (QED) is 0.762. The van der Waals surface area contributed by atoms with E-state index >= 15 is 0 Å². The van der Waals surface area contributed by atoms with Crippen LogP contribution in [0.1, 0.15) is 32.6 Å². The fourth-order valence-corrected chi connectivity index (χ4v) is 3.62. The zero-order chi connectivity index (χ0) is 11.3. The van der Waals surface area contributed by atoms with E-state index in [1.165, 1.54) is 0 Å². The lowest BCUT2D eigenvalue weighted by atomic mass is 10.2. The number of ether oxygens (including phenoxy) is 1. The van der Waals surface area contributed by atoms with E-state index in [0.29, 0.717) is 32.5 Å². The van der Waals surface area contributed by atoms with Gasteiger partial charge in [0, 0.05) is 19.3 Å². The molecular weight excluding hydrogens is 214 g/mol. The van der Waals surface area contributed by atoms with Crippen molar-refractivity contribution in [3.63, 3.8) is 0 Å². The van der Waals surface area contributed by atoms with Crippen LogP contribution in [0.4, 0.5) is 0 Å². The van der Waals surface area contributed by atoms with E-state index in [1.54, 1.807) is 0 Å². The van der Waals surface area contributed by atoms with Crippen LogP contribution >= 0.6 is 0 Å². The summed E-state index contributed by atoms with van der Waals surface area (Å²) in [6, 6.07) is 0.0925. The minimum absolute atomic E-state index is 0.0925. The van der Waals surface area contributed by atoms with Crippen LogP contribution in [0.25, 0.3) is 0 Å². The van der Waals surface area contributed by atoms with Crippen LogP contribution in [-0.2, 0) is 14.6 Å². The summed E-state index contributed by atoms with van der Waals surface area (Å²) >= 11 is 0. The lowest BCUT2D eigenvalue weighted by molar-refractivity contribution is 0.0983. The number of rotatable bonds is 5. The Hall–Kier alpha value is -0.130. The maximum atomic E-state index is 11.9. The molecule has 5 heteroatoms. The van der Waals surface area contributed by atoms with E-state index in [2.05, 4.69) is 0 Å². The third-order valence-corrected chi connectivity index (χ3v) is 5.11. The van der Waals surface area contributed by atoms with Gasteiger partial charge in [0.2, 0.25) is 0 Å². The van der Waals surface area contributed by atoms with Crippen molar-refractivity contribution in [3.8, 4) is 0 Å². The van der Waals surface area contributed by atoms with Crippen molar-refractivity contribution in [2.24, 2.45) is 5.73 Å². The molecule has 1 heterocycles. The Morgan fingerprint density at radius 2 is 2.00 bits per heavy atom. The molecule has 4 nitrogen and oxygen atoms in total. The van der Waals surface area contributed by atoms with Crippen LogP contribution in [0.2, 0.25) is 0 Å². The molecule has 90 valence electrons. The first-order valence-electron chi connectivity index (χ1n) is 5.57. The third kappa shape index (κ3) is 4.49. The molecule has 1 atom stereocenters. The first-order chi connectivity index (χ1) is 7.02. The molecule has 1 aliphatic heterocycles. The van der Waals surface area contributed by atoms with Crippen molar-refractivity contribution in [2.75, 3.05) is 19.0 Å². The van der Waals surface area contributed by atoms with Gasteiger partial charge in [-0.2, -0.15) is 0 Å². The van der Waals surface area contributed by atoms with E-state index in [1.807, 2.05) is 6.92 Å². The molecule has 0 saturated carbocycles. The van der Waals surface area contributed by atoms with E-state index in [-0.39, 0.29) is 17.0 Å². The van der Waals surface area contributed by atoms with Crippen molar-refractivity contribution in [1.29, 1.82) is 0 Å². The first kappa shape index (κ1) is 12.9. The SMILES string of the molecule is CC(N)CCCS(=O)(=O)C1CCOCC1. The van der Waals surface area contributed by atoms with E-state index < -0.39 is 9.84 Å². The van der Waals surface area contributed by atoms with Crippen LogP contribution in [0, 0.1) is 0 Å². The lowest BCUT2D eigenvalue weighted by Crippen LogP contribution is -2.31. The summed E-state index contributed by atoms with van der Waals surface area (Å²) < 4.78 is 28.9. The molecule has 0 aromatic rings. The Balaban J connectivity index is 2.36. The van der Waals surface area contributed by atoms with Gasteiger partial charge in [-0.15, -0.1) is 0 Å². The van der Waals surface area contributed by atoms with Gasteiger partial charge < -0.3 is 10.5 Å². The average Bonchev–Trinajstić information content (AvgIpc) is 2.18. The number of nitrogens with two attached hydrogens (primary N) is 1. The third-order valence-electron chi connectivity index (χ3n) is 2.76. The van der Waals surface area contributed by atoms with Crippen LogP contribution in [0.3, 0.4) is 0 Å². The summed E-state index contributed by atoms with van der Waals surface area (Å²) in [5.41, 5.74) is 5.59. The summed E-state index contributed by atoms with van der Waals surface area (Å²) in [7, 11) is -2.91. The average molecular weight is 235 g/mol. The Morgan fingerprint density at radius 1 is 1.40 bits per heavy atom. The van der Waals surface area contributed by atoms with Gasteiger partial charge in [-0.1, -0.05) is 0 Å². The zero-order valence-electron chi connectivity index (χ0n) is 9.31. The van der Waals surface area contributed by atoms with Gasteiger partial charge in [-0.05, 0) is 32.6 Å². The minimum Gasteiger partial charge on any atom is -0.381 e. The van der Waals surface area contributed by atoms with Gasteiger partial charge in [-0.25, -0.2) is 8.42 Å². The van der Waals surface area contributed by atoms with Gasteiger partial charge in [0.25, 0.3) is 0 Å². The van der Waals surface area contributed by atoms with E-state index in [0.717, 1.165) is 6.42 Å². The molecule has 1 unspecified atom stereocenters. The molecule has 0 spiro atoms. The summed E-state index contributed by atoms with van der Waals surface area (Å²) in [6.45, 7) is 3.06. The second-order valence-electron chi connectivity index (χ2n) is 4.30. The van der Waals surface area contributed by atoms with Gasteiger partial charge in [0.1, 0.15) is 0 Å². The molecule has 0 amide bonds. The normalized spacial score (nSPS) is 21.5. The fraction of sp³-hybridized carbons (Fsp3) is 1.00. The minimum atomic E-state index is -2.91. The Kier molecular flexibility index (Phi) is 5.02. The molecule has 15 heavy (non-hydrogen) atoms. The summed E-state index contributed by atoms with van der Waals surface area (Å²) in [6.07, 6.45) is 2.76. The molecule has 1 saturated heterocycles. The number of sulfone groups is 1. The second kappa shape index (κ2) is 5.82. The van der Waals surface area contributed by atoms with Crippen LogP contribution in [0.15, 0.2) is 0 Å². The molecule has 0 aromatic carbocycles. The fourth-order valence-electron chi connectivity index (χ4n) is 1.81. The molecule has 1 aliphatic rings. The van der Waals surface area contributed by atoms with Crippen LogP contribution in [0.5, 0.6) is 0 Å². The van der Waals surface area contributed by atoms with Crippen LogP contribution in [-0.4, -0.2) is 38.7 Å². The Morgan fingerprint density at radius 3 is 2.53 bits per heavy atom. The molecule has 2 N–H and O–H groups in total. The summed E-state index contributed by atoms with van der Waals surface area (Å²) in [5.74, 6) is 0.277. The van der Waals surface area contributed by atoms with Crippen molar-refractivity contribution in [1.82, 2.24) is 0 Å². The van der Waals surface area contributed by atoms with E-state index in [9.17, 15) is 8.42 Å². The number of hydrogen-bond donors (Lipinski definition) is 1. The molecular formula is C10H21NO3S. The van der Waals surface area contributed by atoms with Gasteiger partial charge in [0.15, 0.2) is 9.84 Å². The van der Waals surface area contributed by atoms with Crippen LogP contribution < -0.4 is 5.73 Å². The highest BCUT2D eigenvalue weighted by atomic mass is 32.2. The maximum absolute atomic E-state index is 11.9. The van der Waals surface area contributed by atoms with Crippen molar-refractivity contribution in [3.05, 3.63) is 0 Å². The van der Waals surface area contributed by atoms with Gasteiger partial charge >= 0.3 is 0 Å². The van der Waals surface area contributed by atoms with Crippen molar-refractivity contribution in [2.45, 2.75) is 43.9 Å². The molecule has 0 radical (unpaired) electrons. The van der Waals surface area contributed by atoms with Gasteiger partial charge in [-0.3, -0.25) is 0 Å². The van der Waals surface area contributed by atoms with E-state index in [4.69, 9.17) is 10.5 Å². The predicted octanol–water partition coefficient (Wildman–Crippen LogP) is 0.708. The highest BCUT2D eigenvalue weighted by Crippen LogP contribution is 2.17. The molecule has 0 aromatic heterocycles. The smallest absolute Gasteiger partial charge is 0.153 e. The number of hydrogen-bond acceptors (Lipinski definition) is 4. The maximum Gasteiger partial charge on any atom is 0.153 e. The Bertz CT molecular complexity index is 268. The van der Waals surface area contributed by atoms with Gasteiger partial charge in [0.05, 0.1) is 11.0 Å². The monoisotopic (exact) mass is 235 g/mol. The second-order valence-corrected chi connectivity index (χ2v) is 6.70. The first-order valence-corrected chi connectivity index (χ1v) is 7.29. The highest BCUT2D eigenvalue weighted by Gasteiger charge is 2.26. The standard InChI is InChI=1S/C10H21NO3S/c1-9(11)3-2-8-15(12,13)10-4-6-14-7-5-10/h9-10H,2-8,11H2,1H3. The lowest BCUT2D eigenvalue weighted by Gasteiger charge is -2.22. The summed E-state index contributed by atoms with van der Waals surface area (Å²) in [4.78, 5) is 0. The topological polar surface area (TPSA) is 69.4 Å².